The standard InChI is InChI=1S/C19H17N3O3S2/c1-13-4-5-14(18-8-6-15(11-20)26-18)10-17(13)22(2)27(23,24)16-7-9-19(25-3)21-12-16/h4-10,12H,1-3H3. The third kappa shape index (κ3) is 3.65. The topological polar surface area (TPSA) is 83.3 Å². The summed E-state index contributed by atoms with van der Waals surface area (Å²) < 4.78 is 32.2. The molecule has 3 rings (SSSR count). The fourth-order valence-corrected chi connectivity index (χ4v) is 4.58. The number of pyridine rings is 1. The first-order chi connectivity index (χ1) is 12.9. The van der Waals surface area contributed by atoms with Gasteiger partial charge < -0.3 is 4.74 Å². The minimum Gasteiger partial charge on any atom is -0.481 e. The van der Waals surface area contributed by atoms with Gasteiger partial charge in [-0.25, -0.2) is 13.4 Å². The van der Waals surface area contributed by atoms with Crippen LogP contribution in [0.4, 0.5) is 5.69 Å². The van der Waals surface area contributed by atoms with Gasteiger partial charge in [0.25, 0.3) is 10.0 Å². The van der Waals surface area contributed by atoms with Crippen LogP contribution in [0.1, 0.15) is 10.4 Å². The van der Waals surface area contributed by atoms with Crippen molar-refractivity contribution >= 4 is 27.0 Å². The summed E-state index contributed by atoms with van der Waals surface area (Å²) in [5.74, 6) is 0.348. The van der Waals surface area contributed by atoms with Crippen LogP contribution in [0, 0.1) is 18.3 Å². The lowest BCUT2D eigenvalue weighted by Gasteiger charge is -2.22. The molecule has 0 amide bonds. The molecule has 0 aliphatic carbocycles. The highest BCUT2D eigenvalue weighted by Gasteiger charge is 2.23. The highest BCUT2D eigenvalue weighted by atomic mass is 32.2. The van der Waals surface area contributed by atoms with Crippen LogP contribution in [0.25, 0.3) is 10.4 Å². The van der Waals surface area contributed by atoms with Crippen molar-refractivity contribution in [3.05, 3.63) is 59.1 Å². The molecule has 138 valence electrons. The van der Waals surface area contributed by atoms with Gasteiger partial charge in [0.1, 0.15) is 15.8 Å². The van der Waals surface area contributed by atoms with Gasteiger partial charge >= 0.3 is 0 Å². The molecule has 0 radical (unpaired) electrons. The number of hydrogen-bond donors (Lipinski definition) is 0. The van der Waals surface area contributed by atoms with E-state index in [0.717, 1.165) is 16.0 Å². The zero-order chi connectivity index (χ0) is 19.6. The number of methoxy groups -OCH3 is 1. The maximum Gasteiger partial charge on any atom is 0.265 e. The predicted octanol–water partition coefficient (Wildman–Crippen LogP) is 3.82. The van der Waals surface area contributed by atoms with Crippen LogP contribution < -0.4 is 9.04 Å². The van der Waals surface area contributed by atoms with Crippen LogP contribution in [0.15, 0.2) is 53.6 Å². The maximum absolute atomic E-state index is 13.0. The quantitative estimate of drug-likeness (QED) is 0.651. The van der Waals surface area contributed by atoms with Gasteiger partial charge in [0.15, 0.2) is 0 Å². The number of thiophene rings is 1. The number of hydrogen-bond acceptors (Lipinski definition) is 6. The molecule has 0 aliphatic rings. The minimum atomic E-state index is -3.77. The molecular weight excluding hydrogens is 382 g/mol. The van der Waals surface area contributed by atoms with Crippen LogP contribution in [0.3, 0.4) is 0 Å². The molecule has 0 saturated carbocycles. The molecular formula is C19H17N3O3S2. The number of benzene rings is 1. The number of anilines is 1. The first kappa shape index (κ1) is 18.9. The summed E-state index contributed by atoms with van der Waals surface area (Å²) in [6.07, 6.45) is 1.28. The fourth-order valence-electron chi connectivity index (χ4n) is 2.58. The van der Waals surface area contributed by atoms with Crippen molar-refractivity contribution in [3.63, 3.8) is 0 Å². The summed E-state index contributed by atoms with van der Waals surface area (Å²) in [5.41, 5.74) is 2.25. The predicted molar refractivity (Wildman–Crippen MR) is 106 cm³/mol. The molecule has 2 aromatic heterocycles. The Bertz CT molecular complexity index is 1110. The van der Waals surface area contributed by atoms with Crippen LogP contribution >= 0.6 is 11.3 Å². The van der Waals surface area contributed by atoms with E-state index in [2.05, 4.69) is 11.1 Å². The number of rotatable bonds is 5. The summed E-state index contributed by atoms with van der Waals surface area (Å²) in [5, 5.41) is 9.01. The number of aryl methyl sites for hydroxylation is 1. The second-order valence-corrected chi connectivity index (χ2v) is 8.84. The summed E-state index contributed by atoms with van der Waals surface area (Å²) in [7, 11) is -0.785. The Balaban J connectivity index is 2.01. The molecule has 0 saturated heterocycles. The lowest BCUT2D eigenvalue weighted by molar-refractivity contribution is 0.397. The van der Waals surface area contributed by atoms with Crippen molar-refractivity contribution in [2.45, 2.75) is 11.8 Å². The van der Waals surface area contributed by atoms with Gasteiger partial charge in [-0.15, -0.1) is 11.3 Å². The van der Waals surface area contributed by atoms with Gasteiger partial charge in [-0.1, -0.05) is 12.1 Å². The Hall–Kier alpha value is -2.89. The minimum absolute atomic E-state index is 0.0819. The first-order valence-electron chi connectivity index (χ1n) is 7.96. The van der Waals surface area contributed by atoms with Gasteiger partial charge in [0.2, 0.25) is 5.88 Å². The molecule has 3 aromatic rings. The highest BCUT2D eigenvalue weighted by Crippen LogP contribution is 2.33. The van der Waals surface area contributed by atoms with E-state index >= 15 is 0 Å². The summed E-state index contributed by atoms with van der Waals surface area (Å²) in [4.78, 5) is 5.58. The third-order valence-electron chi connectivity index (χ3n) is 4.13. The molecule has 0 atom stereocenters. The molecule has 0 fully saturated rings. The molecule has 0 bridgehead atoms. The van der Waals surface area contributed by atoms with E-state index in [1.54, 1.807) is 6.07 Å². The Morgan fingerprint density at radius 1 is 1.19 bits per heavy atom. The fraction of sp³-hybridized carbons (Fsp3) is 0.158. The highest BCUT2D eigenvalue weighted by molar-refractivity contribution is 7.92. The number of nitriles is 1. The number of ether oxygens (including phenoxy) is 1. The van der Waals surface area contributed by atoms with Crippen molar-refractivity contribution in [3.8, 4) is 22.4 Å². The van der Waals surface area contributed by atoms with E-state index in [1.807, 2.05) is 31.2 Å². The lowest BCUT2D eigenvalue weighted by Crippen LogP contribution is -2.27. The van der Waals surface area contributed by atoms with Gasteiger partial charge in [-0.2, -0.15) is 5.26 Å². The molecule has 0 unspecified atom stereocenters. The molecule has 2 heterocycles. The number of sulfonamides is 1. The molecule has 8 heteroatoms. The summed E-state index contributed by atoms with van der Waals surface area (Å²) in [6, 6.07) is 14.3. The van der Waals surface area contributed by atoms with Crippen molar-refractivity contribution in [2.75, 3.05) is 18.5 Å². The van der Waals surface area contributed by atoms with Crippen LogP contribution in [-0.4, -0.2) is 27.6 Å². The molecule has 6 nitrogen and oxygen atoms in total. The summed E-state index contributed by atoms with van der Waals surface area (Å²) in [6.45, 7) is 1.85. The van der Waals surface area contributed by atoms with E-state index in [9.17, 15) is 8.42 Å². The number of nitrogens with zero attached hydrogens (tertiary/aromatic N) is 3. The van der Waals surface area contributed by atoms with Gasteiger partial charge in [0.05, 0.1) is 19.0 Å². The van der Waals surface area contributed by atoms with Gasteiger partial charge in [-0.05, 0) is 42.3 Å². The second-order valence-electron chi connectivity index (χ2n) is 5.79. The Morgan fingerprint density at radius 2 is 1.96 bits per heavy atom. The van der Waals surface area contributed by atoms with E-state index in [0.29, 0.717) is 16.4 Å². The van der Waals surface area contributed by atoms with Gasteiger partial charge in [0, 0.05) is 18.0 Å². The number of aromatic nitrogens is 1. The maximum atomic E-state index is 13.0. The second kappa shape index (κ2) is 7.39. The van der Waals surface area contributed by atoms with Crippen molar-refractivity contribution in [2.24, 2.45) is 0 Å². The molecule has 27 heavy (non-hydrogen) atoms. The normalized spacial score (nSPS) is 11.0. The van der Waals surface area contributed by atoms with Crippen molar-refractivity contribution in [1.82, 2.24) is 4.98 Å². The summed E-state index contributed by atoms with van der Waals surface area (Å²) >= 11 is 1.37. The zero-order valence-corrected chi connectivity index (χ0v) is 16.6. The molecule has 0 spiro atoms. The molecule has 0 aliphatic heterocycles. The van der Waals surface area contributed by atoms with Crippen molar-refractivity contribution < 1.29 is 13.2 Å². The average Bonchev–Trinajstić information content (AvgIpc) is 3.17. The largest absolute Gasteiger partial charge is 0.481 e. The molecule has 0 N–H and O–H groups in total. The van der Waals surface area contributed by atoms with E-state index in [4.69, 9.17) is 10.00 Å². The lowest BCUT2D eigenvalue weighted by atomic mass is 10.1. The van der Waals surface area contributed by atoms with Crippen molar-refractivity contribution in [1.29, 1.82) is 5.26 Å². The Morgan fingerprint density at radius 3 is 2.56 bits per heavy atom. The zero-order valence-electron chi connectivity index (χ0n) is 15.0. The first-order valence-corrected chi connectivity index (χ1v) is 10.2. The van der Waals surface area contributed by atoms with Gasteiger partial charge in [-0.3, -0.25) is 4.31 Å². The third-order valence-corrected chi connectivity index (χ3v) is 6.92. The molecule has 1 aromatic carbocycles. The Labute approximate surface area is 162 Å². The van der Waals surface area contributed by atoms with E-state index in [-0.39, 0.29) is 4.90 Å². The smallest absolute Gasteiger partial charge is 0.265 e. The SMILES string of the molecule is COc1ccc(S(=O)(=O)N(C)c2cc(-c3ccc(C#N)s3)ccc2C)cn1. The average molecular weight is 399 g/mol. The van der Waals surface area contributed by atoms with Crippen LogP contribution in [0.5, 0.6) is 5.88 Å². The Kier molecular flexibility index (Phi) is 5.17. The van der Waals surface area contributed by atoms with E-state index in [1.165, 1.54) is 48.1 Å². The van der Waals surface area contributed by atoms with Crippen LogP contribution in [-0.2, 0) is 10.0 Å². The van der Waals surface area contributed by atoms with E-state index < -0.39 is 10.0 Å². The monoisotopic (exact) mass is 399 g/mol. The van der Waals surface area contributed by atoms with Crippen LogP contribution in [0.2, 0.25) is 0 Å².